The average Bonchev–Trinajstić information content (AvgIpc) is 2.82. The first-order chi connectivity index (χ1) is 16.7. The van der Waals surface area contributed by atoms with Crippen LogP contribution in [0.2, 0.25) is 0 Å². The van der Waals surface area contributed by atoms with Gasteiger partial charge < -0.3 is 15.2 Å². The number of nitrogens with one attached hydrogen (secondary N) is 2. The maximum atomic E-state index is 12.6. The van der Waals surface area contributed by atoms with E-state index < -0.39 is 22.9 Å². The van der Waals surface area contributed by atoms with E-state index in [1.165, 1.54) is 6.07 Å². The summed E-state index contributed by atoms with van der Waals surface area (Å²) in [5, 5.41) is 16.3. The van der Waals surface area contributed by atoms with E-state index >= 15 is 0 Å². The normalized spacial score (nSPS) is 10.7. The van der Waals surface area contributed by atoms with Crippen molar-refractivity contribution in [2.24, 2.45) is 0 Å². The number of aromatic nitrogens is 4. The van der Waals surface area contributed by atoms with E-state index in [1.54, 1.807) is 62.5 Å². The molecule has 0 aliphatic heterocycles. The number of ether oxygens (including phenoxy) is 1. The number of aromatic amines is 1. The molecular formula is C24H20BrN5O5. The van der Waals surface area contributed by atoms with Crippen LogP contribution in [0.4, 0.5) is 0 Å². The molecule has 0 spiro atoms. The van der Waals surface area contributed by atoms with Gasteiger partial charge in [-0.2, -0.15) is 9.78 Å². The van der Waals surface area contributed by atoms with Crippen LogP contribution < -0.4 is 21.3 Å². The summed E-state index contributed by atoms with van der Waals surface area (Å²) in [6.07, 6.45) is 1.59. The number of nitrogens with zero attached hydrogens (tertiary/aromatic N) is 3. The molecule has 4 aromatic rings. The first-order valence-electron chi connectivity index (χ1n) is 10.4. The summed E-state index contributed by atoms with van der Waals surface area (Å²) in [6, 6.07) is 13.3. The van der Waals surface area contributed by atoms with Crippen LogP contribution >= 0.6 is 15.9 Å². The summed E-state index contributed by atoms with van der Waals surface area (Å²) in [5.74, 6) is 0.401. The van der Waals surface area contributed by atoms with Crippen molar-refractivity contribution in [3.8, 4) is 22.9 Å². The monoisotopic (exact) mass is 537 g/mol. The molecule has 3 N–H and O–H groups in total. The highest BCUT2D eigenvalue weighted by Gasteiger charge is 2.18. The number of hydrogen-bond donors (Lipinski definition) is 3. The number of halogens is 1. The number of hydrogen-bond acceptors (Lipinski definition) is 7. The zero-order valence-corrected chi connectivity index (χ0v) is 20.3. The number of phenols is 1. The van der Waals surface area contributed by atoms with Crippen LogP contribution in [0.5, 0.6) is 17.2 Å². The lowest BCUT2D eigenvalue weighted by Crippen LogP contribution is -2.39. The second kappa shape index (κ2) is 9.94. The van der Waals surface area contributed by atoms with Crippen LogP contribution in [0.25, 0.3) is 5.69 Å². The summed E-state index contributed by atoms with van der Waals surface area (Å²) in [6.45, 7) is 3.68. The number of carbonyl (C=O) groups is 1. The largest absolute Gasteiger partial charge is 0.507 e. The number of benzene rings is 2. The Bertz CT molecular complexity index is 1510. The molecule has 178 valence electrons. The first-order valence-corrected chi connectivity index (χ1v) is 11.2. The van der Waals surface area contributed by atoms with Gasteiger partial charge in [-0.25, -0.2) is 4.79 Å². The van der Waals surface area contributed by atoms with Gasteiger partial charge in [-0.3, -0.25) is 19.6 Å². The van der Waals surface area contributed by atoms with Gasteiger partial charge in [0.15, 0.2) is 0 Å². The van der Waals surface area contributed by atoms with Gasteiger partial charge >= 0.3 is 5.69 Å². The van der Waals surface area contributed by atoms with Crippen molar-refractivity contribution in [2.75, 3.05) is 0 Å². The van der Waals surface area contributed by atoms with Crippen LogP contribution in [-0.4, -0.2) is 30.8 Å². The quantitative estimate of drug-likeness (QED) is 0.343. The van der Waals surface area contributed by atoms with Crippen molar-refractivity contribution >= 4 is 21.8 Å². The molecular weight excluding hydrogens is 518 g/mol. The van der Waals surface area contributed by atoms with E-state index in [-0.39, 0.29) is 12.3 Å². The Morgan fingerprint density at radius 3 is 2.54 bits per heavy atom. The Morgan fingerprint density at radius 1 is 1.14 bits per heavy atom. The minimum absolute atomic E-state index is 0.0875. The van der Waals surface area contributed by atoms with Gasteiger partial charge in [0, 0.05) is 6.20 Å². The van der Waals surface area contributed by atoms with E-state index in [9.17, 15) is 19.5 Å². The van der Waals surface area contributed by atoms with Crippen molar-refractivity contribution in [2.45, 2.75) is 20.4 Å². The highest BCUT2D eigenvalue weighted by Crippen LogP contribution is 2.34. The second-order valence-electron chi connectivity index (χ2n) is 7.65. The van der Waals surface area contributed by atoms with Gasteiger partial charge in [0.05, 0.1) is 22.4 Å². The third kappa shape index (κ3) is 5.30. The number of amides is 1. The van der Waals surface area contributed by atoms with Crippen molar-refractivity contribution < 1.29 is 14.6 Å². The number of H-pyrrole nitrogens is 1. The molecule has 0 aliphatic carbocycles. The van der Waals surface area contributed by atoms with E-state index in [2.05, 4.69) is 36.3 Å². The molecule has 35 heavy (non-hydrogen) atoms. The molecule has 11 heteroatoms. The Balaban J connectivity index is 1.64. The van der Waals surface area contributed by atoms with Crippen molar-refractivity contribution in [1.82, 2.24) is 25.1 Å². The fourth-order valence-electron chi connectivity index (χ4n) is 3.36. The van der Waals surface area contributed by atoms with Gasteiger partial charge in [0.2, 0.25) is 5.69 Å². The number of aryl methyl sites for hydroxylation is 2. The minimum atomic E-state index is -0.893. The number of pyridine rings is 1. The van der Waals surface area contributed by atoms with Gasteiger partial charge in [-0.05, 0) is 83.4 Å². The summed E-state index contributed by atoms with van der Waals surface area (Å²) in [5.41, 5.74) is 0.190. The molecule has 0 atom stereocenters. The summed E-state index contributed by atoms with van der Waals surface area (Å²) >= 11 is 3.25. The molecule has 1 amide bonds. The lowest BCUT2D eigenvalue weighted by molar-refractivity contribution is 0.0941. The molecule has 10 nitrogen and oxygen atoms in total. The fraction of sp³-hybridized carbons (Fsp3) is 0.125. The molecule has 0 bridgehead atoms. The third-order valence-electron chi connectivity index (χ3n) is 5.03. The molecule has 0 saturated carbocycles. The van der Waals surface area contributed by atoms with Gasteiger partial charge in [0.25, 0.3) is 11.5 Å². The number of carbonyl (C=O) groups excluding carboxylic acids is 1. The fourth-order valence-corrected chi connectivity index (χ4v) is 3.72. The van der Waals surface area contributed by atoms with Gasteiger partial charge in [-0.15, -0.1) is 0 Å². The topological polar surface area (TPSA) is 139 Å². The summed E-state index contributed by atoms with van der Waals surface area (Å²) < 4.78 is 7.42. The number of aromatic hydroxyl groups is 1. The molecule has 0 fully saturated rings. The Morgan fingerprint density at radius 2 is 1.89 bits per heavy atom. The van der Waals surface area contributed by atoms with Crippen LogP contribution in [0.15, 0.2) is 68.8 Å². The number of rotatable bonds is 6. The maximum Gasteiger partial charge on any atom is 0.349 e. The van der Waals surface area contributed by atoms with Crippen molar-refractivity contribution in [3.05, 3.63) is 103 Å². The zero-order chi connectivity index (χ0) is 25.1. The Hall–Kier alpha value is -4.25. The smallest absolute Gasteiger partial charge is 0.349 e. The highest BCUT2D eigenvalue weighted by atomic mass is 79.9. The standard InChI is InChI=1S/C24H20BrN5O5/c1-13-9-16(10-14(2)21(13)35-17-6-7-19(31)18(25)11-17)30-24(34)28-23(33)20(29-30)22(32)27-12-15-5-3-4-8-26-15/h3-11,31H,12H2,1-2H3,(H,27,32)(H,28,33,34). The zero-order valence-electron chi connectivity index (χ0n) is 18.7. The summed E-state index contributed by atoms with van der Waals surface area (Å²) in [7, 11) is 0. The van der Waals surface area contributed by atoms with E-state index in [0.29, 0.717) is 38.5 Å². The minimum Gasteiger partial charge on any atom is -0.507 e. The van der Waals surface area contributed by atoms with E-state index in [1.807, 2.05) is 0 Å². The van der Waals surface area contributed by atoms with Crippen molar-refractivity contribution in [3.63, 3.8) is 0 Å². The molecule has 2 aromatic carbocycles. The van der Waals surface area contributed by atoms with Crippen LogP contribution in [0, 0.1) is 13.8 Å². The van der Waals surface area contributed by atoms with E-state index in [0.717, 1.165) is 4.68 Å². The second-order valence-corrected chi connectivity index (χ2v) is 8.50. The number of phenolic OH excluding ortho intramolecular Hbond substituents is 1. The molecule has 2 heterocycles. The lowest BCUT2D eigenvalue weighted by Gasteiger charge is -2.15. The molecule has 0 aliphatic rings. The summed E-state index contributed by atoms with van der Waals surface area (Å²) in [4.78, 5) is 43.6. The molecule has 0 unspecified atom stereocenters. The van der Waals surface area contributed by atoms with E-state index in [4.69, 9.17) is 4.74 Å². The molecule has 4 rings (SSSR count). The average molecular weight is 538 g/mol. The van der Waals surface area contributed by atoms with Gasteiger partial charge in [-0.1, -0.05) is 6.07 Å². The highest BCUT2D eigenvalue weighted by molar-refractivity contribution is 9.10. The van der Waals surface area contributed by atoms with Gasteiger partial charge in [0.1, 0.15) is 17.2 Å². The third-order valence-corrected chi connectivity index (χ3v) is 5.66. The molecule has 0 radical (unpaired) electrons. The first kappa shape index (κ1) is 23.9. The predicted molar refractivity (Wildman–Crippen MR) is 131 cm³/mol. The molecule has 2 aromatic heterocycles. The maximum absolute atomic E-state index is 12.6. The van der Waals surface area contributed by atoms with Crippen molar-refractivity contribution in [1.29, 1.82) is 0 Å². The van der Waals surface area contributed by atoms with Crippen LogP contribution in [0.3, 0.4) is 0 Å². The lowest BCUT2D eigenvalue weighted by atomic mass is 10.1. The SMILES string of the molecule is Cc1cc(-n2nc(C(=O)NCc3ccccn3)c(=O)[nH]c2=O)cc(C)c1Oc1ccc(O)c(Br)c1. The van der Waals surface area contributed by atoms with Crippen LogP contribution in [-0.2, 0) is 6.54 Å². The molecule has 0 saturated heterocycles. The Labute approximate surface area is 207 Å². The predicted octanol–water partition coefficient (Wildman–Crippen LogP) is 3.12. The van der Waals surface area contributed by atoms with Crippen LogP contribution in [0.1, 0.15) is 27.3 Å². The Kier molecular flexibility index (Phi) is 6.78.